The summed E-state index contributed by atoms with van der Waals surface area (Å²) in [5.74, 6) is 16.0. The fourth-order valence-corrected chi connectivity index (χ4v) is 0. The zero-order chi connectivity index (χ0) is 4.00. The molecule has 0 atom stereocenters. The van der Waals surface area contributed by atoms with Gasteiger partial charge in [0.05, 0.1) is 0 Å². The average molecular weight is 200 g/mol. The number of halogens is 2. The molecule has 0 heterocycles. The van der Waals surface area contributed by atoms with E-state index in [0.717, 1.165) is 0 Å². The van der Waals surface area contributed by atoms with Gasteiger partial charge in [-0.3, -0.25) is 23.4 Å². The first-order valence-electron chi connectivity index (χ1n) is 0.667. The summed E-state index contributed by atoms with van der Waals surface area (Å²) in [6.45, 7) is 0. The van der Waals surface area contributed by atoms with Gasteiger partial charge in [-0.25, -0.2) is 0 Å². The van der Waals surface area contributed by atoms with Crippen molar-refractivity contribution in [3.63, 3.8) is 0 Å². The Kier molecular flexibility index (Phi) is 1450. The van der Waals surface area contributed by atoms with E-state index in [9.17, 15) is 0 Å². The molecule has 0 radical (unpaired) electrons. The van der Waals surface area contributed by atoms with Gasteiger partial charge in [0.2, 0.25) is 0 Å². The number of hydrogen-bond acceptors (Lipinski definition) is 4. The van der Waals surface area contributed by atoms with Gasteiger partial charge in [-0.1, -0.05) is 0 Å². The van der Waals surface area contributed by atoms with E-state index in [2.05, 4.69) is 23.4 Å². The van der Waals surface area contributed by atoms with Crippen LogP contribution >= 0.6 is 0 Å². The van der Waals surface area contributed by atoms with Gasteiger partial charge in [0.25, 0.3) is 0 Å². The molecule has 0 spiro atoms. The van der Waals surface area contributed by atoms with Crippen LogP contribution in [0.15, 0.2) is 0 Å². The van der Waals surface area contributed by atoms with Crippen LogP contribution in [0.1, 0.15) is 0 Å². The van der Waals surface area contributed by atoms with Crippen molar-refractivity contribution >= 4 is 0 Å². The molecule has 7 heavy (non-hydrogen) atoms. The van der Waals surface area contributed by atoms with Gasteiger partial charge in [0.15, 0.2) is 0 Å². The standard InChI is InChI=1S/2ClH.2H4N2.Zn/c;;2*1-2;/h2*1H;2*1-2H2;/q;;;;+2/p-2. The maximum absolute atomic E-state index is 4.00. The molecule has 0 aliphatic carbocycles. The molecule has 0 rings (SSSR count). The summed E-state index contributed by atoms with van der Waals surface area (Å²) in [6, 6.07) is 0. The zero-order valence-electron chi connectivity index (χ0n) is 3.77. The van der Waals surface area contributed by atoms with Crippen molar-refractivity contribution in [2.24, 2.45) is 23.4 Å². The van der Waals surface area contributed by atoms with Crippen molar-refractivity contribution < 1.29 is 44.3 Å². The monoisotopic (exact) mass is 198 g/mol. The number of rotatable bonds is 0. The molecule has 0 aliphatic rings. The average Bonchev–Trinajstić information content (AvgIpc) is 1.50. The minimum absolute atomic E-state index is 0. The minimum Gasteiger partial charge on any atom is -1.00 e. The first-order valence-corrected chi connectivity index (χ1v) is 0.667. The predicted octanol–water partition coefficient (Wildman–Crippen LogP) is -8.36. The zero-order valence-corrected chi connectivity index (χ0v) is 8.25. The normalized spacial score (nSPS) is 1.71. The van der Waals surface area contributed by atoms with Crippen LogP contribution in [0.5, 0.6) is 0 Å². The van der Waals surface area contributed by atoms with E-state index < -0.39 is 0 Å². The van der Waals surface area contributed by atoms with Crippen molar-refractivity contribution in [2.75, 3.05) is 0 Å². The van der Waals surface area contributed by atoms with Crippen LogP contribution in [0.25, 0.3) is 0 Å². The largest absolute Gasteiger partial charge is 2.00 e. The van der Waals surface area contributed by atoms with Crippen molar-refractivity contribution in [1.82, 2.24) is 0 Å². The van der Waals surface area contributed by atoms with Crippen molar-refractivity contribution in [1.29, 1.82) is 0 Å². The number of nitrogens with two attached hydrogens (primary N) is 4. The molecular weight excluding hydrogens is 192 g/mol. The van der Waals surface area contributed by atoms with Gasteiger partial charge in [-0.15, -0.1) is 0 Å². The van der Waals surface area contributed by atoms with Crippen LogP contribution in [0.4, 0.5) is 0 Å². The number of hydrazine groups is 2. The molecule has 0 aromatic heterocycles. The topological polar surface area (TPSA) is 104 Å². The summed E-state index contributed by atoms with van der Waals surface area (Å²) in [6.07, 6.45) is 0. The van der Waals surface area contributed by atoms with Gasteiger partial charge < -0.3 is 24.8 Å². The summed E-state index contributed by atoms with van der Waals surface area (Å²) >= 11 is 0. The summed E-state index contributed by atoms with van der Waals surface area (Å²) < 4.78 is 0. The van der Waals surface area contributed by atoms with E-state index in [-0.39, 0.29) is 44.3 Å². The first-order chi connectivity index (χ1) is 2.00. The van der Waals surface area contributed by atoms with Gasteiger partial charge in [-0.05, 0) is 0 Å². The molecule has 0 aliphatic heterocycles. The number of hydrogen-bond donors (Lipinski definition) is 4. The van der Waals surface area contributed by atoms with E-state index in [1.165, 1.54) is 0 Å². The smallest absolute Gasteiger partial charge is 1.00 e. The Morgan fingerprint density at radius 2 is 0.571 bits per heavy atom. The molecule has 44 valence electrons. The summed E-state index contributed by atoms with van der Waals surface area (Å²) in [4.78, 5) is 0. The molecule has 4 nitrogen and oxygen atoms in total. The predicted molar refractivity (Wildman–Crippen MR) is 16.7 cm³/mol. The Hall–Kier alpha value is 1.04. The quantitative estimate of drug-likeness (QED) is 0.177. The molecule has 0 aromatic carbocycles. The molecule has 0 fully saturated rings. The van der Waals surface area contributed by atoms with Gasteiger partial charge in [0, 0.05) is 0 Å². The third kappa shape index (κ3) is 165. The van der Waals surface area contributed by atoms with Crippen LogP contribution in [-0.2, 0) is 19.5 Å². The molecule has 7 heteroatoms. The molecule has 0 bridgehead atoms. The van der Waals surface area contributed by atoms with Gasteiger partial charge >= 0.3 is 19.5 Å². The van der Waals surface area contributed by atoms with Crippen LogP contribution in [0.3, 0.4) is 0 Å². The van der Waals surface area contributed by atoms with Crippen molar-refractivity contribution in [2.45, 2.75) is 0 Å². The first kappa shape index (κ1) is 43.1. The SMILES string of the molecule is NN.NN.[Cl-].[Cl-].[Zn+2]. The summed E-state index contributed by atoms with van der Waals surface area (Å²) in [5, 5.41) is 0. The second-order valence-corrected chi connectivity index (χ2v) is 0. The molecule has 0 saturated carbocycles. The van der Waals surface area contributed by atoms with E-state index in [4.69, 9.17) is 0 Å². The van der Waals surface area contributed by atoms with Crippen molar-refractivity contribution in [3.05, 3.63) is 0 Å². The van der Waals surface area contributed by atoms with E-state index in [1.807, 2.05) is 0 Å². The minimum atomic E-state index is 0. The maximum Gasteiger partial charge on any atom is 2.00 e. The molecule has 8 N–H and O–H groups in total. The third-order valence-electron chi connectivity index (χ3n) is 0. The fourth-order valence-electron chi connectivity index (χ4n) is 0. The maximum atomic E-state index is 4.00. The van der Waals surface area contributed by atoms with Gasteiger partial charge in [-0.2, -0.15) is 0 Å². The molecule has 0 amide bonds. The Morgan fingerprint density at radius 3 is 0.571 bits per heavy atom. The molecular formula is H8Cl2N4Zn. The van der Waals surface area contributed by atoms with Crippen LogP contribution in [0.2, 0.25) is 0 Å². The summed E-state index contributed by atoms with van der Waals surface area (Å²) in [5.41, 5.74) is 0. The Bertz CT molecular complexity index is 9.65. The molecule has 0 aromatic rings. The van der Waals surface area contributed by atoms with Crippen molar-refractivity contribution in [3.8, 4) is 0 Å². The Labute approximate surface area is 67.9 Å². The second kappa shape index (κ2) is 236. The fraction of sp³-hybridized carbons (Fsp3) is 0. The second-order valence-electron chi connectivity index (χ2n) is 0. The van der Waals surface area contributed by atoms with E-state index >= 15 is 0 Å². The van der Waals surface area contributed by atoms with E-state index in [1.54, 1.807) is 0 Å². The Balaban J connectivity index is -0.00000000267. The van der Waals surface area contributed by atoms with E-state index in [0.29, 0.717) is 0 Å². The van der Waals surface area contributed by atoms with Gasteiger partial charge in [0.1, 0.15) is 0 Å². The Morgan fingerprint density at radius 1 is 0.571 bits per heavy atom. The molecule has 0 saturated heterocycles. The molecule has 0 unspecified atom stereocenters. The van der Waals surface area contributed by atoms with Crippen LogP contribution in [-0.4, -0.2) is 0 Å². The van der Waals surface area contributed by atoms with Crippen LogP contribution in [0, 0.1) is 0 Å². The van der Waals surface area contributed by atoms with Crippen LogP contribution < -0.4 is 48.2 Å². The summed E-state index contributed by atoms with van der Waals surface area (Å²) in [7, 11) is 0. The third-order valence-corrected chi connectivity index (χ3v) is 0.